The summed E-state index contributed by atoms with van der Waals surface area (Å²) in [5.41, 5.74) is 1.86. The summed E-state index contributed by atoms with van der Waals surface area (Å²) in [4.78, 5) is 27.9. The van der Waals surface area contributed by atoms with Gasteiger partial charge in [-0.25, -0.2) is 0 Å². The molecule has 27 heavy (non-hydrogen) atoms. The van der Waals surface area contributed by atoms with Crippen LogP contribution in [0.1, 0.15) is 11.3 Å². The lowest BCUT2D eigenvalue weighted by Gasteiger charge is -2.12. The van der Waals surface area contributed by atoms with Crippen molar-refractivity contribution in [2.75, 3.05) is 19.1 Å². The van der Waals surface area contributed by atoms with E-state index < -0.39 is 9.93 Å². The highest BCUT2D eigenvalue weighted by molar-refractivity contribution is 8.15. The molecule has 8 heteroatoms. The number of amides is 2. The number of benzene rings is 1. The van der Waals surface area contributed by atoms with Crippen molar-refractivity contribution >= 4 is 32.8 Å². The van der Waals surface area contributed by atoms with Crippen LogP contribution in [-0.2, 0) is 27.6 Å². The van der Waals surface area contributed by atoms with Crippen molar-refractivity contribution in [3.8, 4) is 5.75 Å². The van der Waals surface area contributed by atoms with Gasteiger partial charge >= 0.3 is 0 Å². The minimum Gasteiger partial charge on any atom is -0.493 e. The maximum Gasteiger partial charge on any atom is 0.286 e. The summed E-state index contributed by atoms with van der Waals surface area (Å²) < 4.78 is 17.7. The molecule has 1 fully saturated rings. The van der Waals surface area contributed by atoms with Crippen LogP contribution < -0.4 is 10.1 Å². The molecule has 144 valence electrons. The number of ether oxygens (including phenoxy) is 1. The van der Waals surface area contributed by atoms with Gasteiger partial charge in [0.25, 0.3) is 5.24 Å². The molecule has 1 unspecified atom stereocenters. The Hall–Kier alpha value is -2.19. The number of imide groups is 1. The van der Waals surface area contributed by atoms with E-state index in [9.17, 15) is 13.8 Å². The first-order valence-electron chi connectivity index (χ1n) is 8.55. The molecule has 0 bridgehead atoms. The Morgan fingerprint density at radius 2 is 1.89 bits per heavy atom. The number of thioether (sulfide) groups is 1. The molecule has 1 aliphatic heterocycles. The Labute approximate surface area is 163 Å². The van der Waals surface area contributed by atoms with Crippen LogP contribution in [0.3, 0.4) is 0 Å². The molecule has 2 aromatic rings. The molecule has 1 N–H and O–H groups in total. The molecule has 0 radical (unpaired) electrons. The molecule has 0 aliphatic carbocycles. The maximum absolute atomic E-state index is 12.0. The summed E-state index contributed by atoms with van der Waals surface area (Å²) >= 11 is 1.03. The molecule has 1 aromatic heterocycles. The monoisotopic (exact) mass is 406 g/mol. The van der Waals surface area contributed by atoms with Gasteiger partial charge in [-0.15, -0.1) is 0 Å². The number of rotatable bonds is 7. The fourth-order valence-corrected chi connectivity index (χ4v) is 4.25. The lowest BCUT2D eigenvalue weighted by Crippen LogP contribution is -2.25. The third-order valence-corrected chi connectivity index (χ3v) is 6.66. The van der Waals surface area contributed by atoms with Gasteiger partial charge in [-0.2, -0.15) is 0 Å². The Morgan fingerprint density at radius 3 is 2.44 bits per heavy atom. The second-order valence-corrected chi connectivity index (χ2v) is 11.1. The van der Waals surface area contributed by atoms with Crippen LogP contribution >= 0.6 is 11.8 Å². The molecule has 1 saturated heterocycles. The fraction of sp³-hybridized carbons (Fsp3) is 0.316. The van der Waals surface area contributed by atoms with Crippen molar-refractivity contribution in [2.45, 2.75) is 23.0 Å². The SMILES string of the molecule is C[SH](C)(=O)c1ccc(CCOc2ccc(CC3SC(=O)NC3=O)cc2)nc1. The predicted octanol–water partition coefficient (Wildman–Crippen LogP) is 2.23. The van der Waals surface area contributed by atoms with E-state index in [0.717, 1.165) is 33.7 Å². The molecular formula is C19H22N2O4S2. The maximum atomic E-state index is 12.0. The zero-order valence-electron chi connectivity index (χ0n) is 15.2. The number of aromatic nitrogens is 1. The summed E-state index contributed by atoms with van der Waals surface area (Å²) in [5, 5.41) is 1.65. The van der Waals surface area contributed by atoms with Crippen molar-refractivity contribution in [1.82, 2.24) is 10.3 Å². The van der Waals surface area contributed by atoms with Gasteiger partial charge in [-0.1, -0.05) is 33.8 Å². The lowest BCUT2D eigenvalue weighted by molar-refractivity contribution is -0.118. The van der Waals surface area contributed by atoms with E-state index in [-0.39, 0.29) is 16.4 Å². The van der Waals surface area contributed by atoms with Crippen LogP contribution in [0.25, 0.3) is 0 Å². The molecule has 0 saturated carbocycles. The third kappa shape index (κ3) is 5.40. The zero-order chi connectivity index (χ0) is 19.4. The van der Waals surface area contributed by atoms with Crippen LogP contribution in [-0.4, -0.2) is 44.7 Å². The van der Waals surface area contributed by atoms with Gasteiger partial charge < -0.3 is 4.74 Å². The molecule has 0 spiro atoms. The van der Waals surface area contributed by atoms with Gasteiger partial charge in [-0.05, 0) is 48.8 Å². The summed E-state index contributed by atoms with van der Waals surface area (Å²) in [6.07, 6.45) is 6.30. The minimum atomic E-state index is -2.27. The zero-order valence-corrected chi connectivity index (χ0v) is 16.9. The number of carbonyl (C=O) groups excluding carboxylic acids is 2. The highest BCUT2D eigenvalue weighted by Crippen LogP contribution is 2.24. The molecule has 1 aliphatic rings. The van der Waals surface area contributed by atoms with Crippen LogP contribution in [0.5, 0.6) is 5.75 Å². The quantitative estimate of drug-likeness (QED) is 0.686. The minimum absolute atomic E-state index is 0.230. The Kier molecular flexibility index (Phi) is 5.96. The molecular weight excluding hydrogens is 384 g/mol. The van der Waals surface area contributed by atoms with Gasteiger partial charge in [0.15, 0.2) is 0 Å². The standard InChI is InChI=1S/C19H22N2O4S2/c1-27(2,24)16-8-5-14(20-12-16)9-10-25-15-6-3-13(4-7-15)11-17-18(22)21-19(23)26-17/h3-8,12,17,27H,9-11H2,1-2H3,(H,21,22,23). The van der Waals surface area contributed by atoms with Crippen LogP contribution in [0, 0.1) is 0 Å². The smallest absolute Gasteiger partial charge is 0.286 e. The van der Waals surface area contributed by atoms with Gasteiger partial charge in [0.2, 0.25) is 5.91 Å². The fourth-order valence-electron chi connectivity index (χ4n) is 2.62. The van der Waals surface area contributed by atoms with Gasteiger partial charge in [0.1, 0.15) is 5.75 Å². The van der Waals surface area contributed by atoms with Crippen molar-refractivity contribution in [3.63, 3.8) is 0 Å². The predicted molar refractivity (Wildman–Crippen MR) is 108 cm³/mol. The molecule has 1 aromatic carbocycles. The van der Waals surface area contributed by atoms with Gasteiger partial charge in [0.05, 0.1) is 11.9 Å². The topological polar surface area (TPSA) is 85.4 Å². The Morgan fingerprint density at radius 1 is 1.15 bits per heavy atom. The van der Waals surface area contributed by atoms with E-state index in [0.29, 0.717) is 19.4 Å². The number of hydrogen-bond donors (Lipinski definition) is 2. The highest BCUT2D eigenvalue weighted by Gasteiger charge is 2.31. The van der Waals surface area contributed by atoms with Crippen molar-refractivity contribution < 1.29 is 18.5 Å². The van der Waals surface area contributed by atoms with E-state index in [4.69, 9.17) is 4.74 Å². The molecule has 6 nitrogen and oxygen atoms in total. The van der Waals surface area contributed by atoms with Crippen LogP contribution in [0.4, 0.5) is 4.79 Å². The largest absolute Gasteiger partial charge is 0.493 e. The lowest BCUT2D eigenvalue weighted by atomic mass is 10.1. The molecule has 2 amide bonds. The van der Waals surface area contributed by atoms with Crippen LogP contribution in [0.2, 0.25) is 0 Å². The van der Waals surface area contributed by atoms with Crippen LogP contribution in [0.15, 0.2) is 47.5 Å². The average Bonchev–Trinajstić information content (AvgIpc) is 2.93. The summed E-state index contributed by atoms with van der Waals surface area (Å²) in [5.74, 6) is 0.507. The van der Waals surface area contributed by atoms with E-state index in [2.05, 4.69) is 10.3 Å². The number of nitrogens with zero attached hydrogens (tertiary/aromatic N) is 1. The van der Waals surface area contributed by atoms with Crippen molar-refractivity contribution in [3.05, 3.63) is 53.9 Å². The number of hydrogen-bond acceptors (Lipinski definition) is 6. The highest BCUT2D eigenvalue weighted by atomic mass is 32.2. The Bertz CT molecular complexity index is 876. The number of nitrogens with one attached hydrogen (secondary N) is 1. The third-order valence-electron chi connectivity index (χ3n) is 4.17. The van der Waals surface area contributed by atoms with Crippen molar-refractivity contribution in [2.24, 2.45) is 0 Å². The van der Waals surface area contributed by atoms with E-state index >= 15 is 0 Å². The molecule has 2 heterocycles. The first-order chi connectivity index (χ1) is 12.8. The van der Waals surface area contributed by atoms with E-state index in [1.54, 1.807) is 18.7 Å². The summed E-state index contributed by atoms with van der Waals surface area (Å²) in [6, 6.07) is 11.3. The first kappa shape index (κ1) is 19.6. The molecule has 3 rings (SSSR count). The second kappa shape index (κ2) is 8.22. The second-order valence-electron chi connectivity index (χ2n) is 6.69. The summed E-state index contributed by atoms with van der Waals surface area (Å²) in [6.45, 7) is 0.483. The van der Waals surface area contributed by atoms with E-state index in [1.807, 2.05) is 36.4 Å². The van der Waals surface area contributed by atoms with E-state index in [1.165, 1.54) is 0 Å². The number of pyridine rings is 1. The normalized spacial score (nSPS) is 17.6. The first-order valence-corrected chi connectivity index (χ1v) is 12.0. The number of thiol groups is 1. The van der Waals surface area contributed by atoms with Gasteiger partial charge in [-0.3, -0.25) is 24.1 Å². The van der Waals surface area contributed by atoms with Crippen molar-refractivity contribution in [1.29, 1.82) is 0 Å². The molecule has 1 atom stereocenters. The Balaban J connectivity index is 1.48. The number of carbonyl (C=O) groups is 2. The van der Waals surface area contributed by atoms with Gasteiger partial charge in [0, 0.05) is 23.2 Å². The summed E-state index contributed by atoms with van der Waals surface area (Å²) in [7, 11) is -2.27. The average molecular weight is 407 g/mol.